The van der Waals surface area contributed by atoms with E-state index in [1.807, 2.05) is 13.8 Å². The van der Waals surface area contributed by atoms with Crippen LogP contribution < -0.4 is 4.72 Å². The number of rotatable bonds is 6. The third-order valence-corrected chi connectivity index (χ3v) is 3.01. The molecule has 1 atom stereocenters. The van der Waals surface area contributed by atoms with Crippen LogP contribution in [0.5, 0.6) is 0 Å². The Balaban J connectivity index is 4.31. The van der Waals surface area contributed by atoms with E-state index in [-0.39, 0.29) is 18.3 Å². The van der Waals surface area contributed by atoms with Gasteiger partial charge in [0.15, 0.2) is 0 Å². The molecule has 0 aliphatic rings. The molecule has 13 heavy (non-hydrogen) atoms. The zero-order valence-corrected chi connectivity index (χ0v) is 8.84. The summed E-state index contributed by atoms with van der Waals surface area (Å²) in [6.07, 6.45) is 1.32. The van der Waals surface area contributed by atoms with Crippen molar-refractivity contribution in [3.63, 3.8) is 0 Å². The van der Waals surface area contributed by atoms with Crippen LogP contribution in [0.25, 0.3) is 0 Å². The number of sulfonamides is 1. The third-order valence-electron chi connectivity index (χ3n) is 1.67. The van der Waals surface area contributed by atoms with Gasteiger partial charge >= 0.3 is 0 Å². The van der Waals surface area contributed by atoms with Gasteiger partial charge in [0.1, 0.15) is 0 Å². The fraction of sp³-hybridized carbons (Fsp3) is 0.750. The normalized spacial score (nSPS) is 14.5. The lowest BCUT2D eigenvalue weighted by Gasteiger charge is -2.19. The molecule has 0 amide bonds. The van der Waals surface area contributed by atoms with Crippen molar-refractivity contribution in [2.75, 3.05) is 12.4 Å². The lowest BCUT2D eigenvalue weighted by molar-refractivity contribution is 0.228. The van der Waals surface area contributed by atoms with Gasteiger partial charge in [0, 0.05) is 6.04 Å². The largest absolute Gasteiger partial charge is 0.395 e. The summed E-state index contributed by atoms with van der Waals surface area (Å²) in [5, 5.41) is 8.88. The molecular formula is C8H17NO3S. The number of hydrogen-bond donors (Lipinski definition) is 2. The van der Waals surface area contributed by atoms with Crippen LogP contribution in [0.3, 0.4) is 0 Å². The van der Waals surface area contributed by atoms with Crippen molar-refractivity contribution in [1.29, 1.82) is 0 Å². The molecule has 2 N–H and O–H groups in total. The highest BCUT2D eigenvalue weighted by Crippen LogP contribution is 2.02. The molecule has 0 heterocycles. The van der Waals surface area contributed by atoms with Crippen molar-refractivity contribution in [2.24, 2.45) is 5.92 Å². The molecular weight excluding hydrogens is 190 g/mol. The molecule has 0 saturated heterocycles. The molecule has 0 saturated carbocycles. The zero-order valence-electron chi connectivity index (χ0n) is 8.03. The van der Waals surface area contributed by atoms with Gasteiger partial charge in [-0.25, -0.2) is 13.1 Å². The van der Waals surface area contributed by atoms with Crippen LogP contribution in [0.4, 0.5) is 0 Å². The minimum absolute atomic E-state index is 0.0737. The van der Waals surface area contributed by atoms with Crippen molar-refractivity contribution in [3.8, 4) is 0 Å². The van der Waals surface area contributed by atoms with E-state index in [0.717, 1.165) is 0 Å². The average Bonchev–Trinajstić information content (AvgIpc) is 1.99. The third kappa shape index (κ3) is 5.02. The van der Waals surface area contributed by atoms with E-state index in [4.69, 9.17) is 5.11 Å². The fourth-order valence-electron chi connectivity index (χ4n) is 0.818. The van der Waals surface area contributed by atoms with Gasteiger partial charge in [-0.3, -0.25) is 0 Å². The van der Waals surface area contributed by atoms with Crippen LogP contribution in [0.1, 0.15) is 13.8 Å². The van der Waals surface area contributed by atoms with E-state index in [2.05, 4.69) is 11.3 Å². The highest BCUT2D eigenvalue weighted by Gasteiger charge is 2.18. The zero-order chi connectivity index (χ0) is 10.5. The maximum absolute atomic E-state index is 11.2. The molecule has 0 radical (unpaired) electrons. The molecule has 5 heteroatoms. The Hall–Kier alpha value is -0.390. The lowest BCUT2D eigenvalue weighted by Crippen LogP contribution is -2.41. The van der Waals surface area contributed by atoms with E-state index >= 15 is 0 Å². The molecule has 4 nitrogen and oxygen atoms in total. The van der Waals surface area contributed by atoms with Gasteiger partial charge in [0.25, 0.3) is 0 Å². The van der Waals surface area contributed by atoms with Crippen molar-refractivity contribution < 1.29 is 13.5 Å². The Morgan fingerprint density at radius 2 is 2.08 bits per heavy atom. The smallest absolute Gasteiger partial charge is 0.215 e. The molecule has 1 unspecified atom stereocenters. The summed E-state index contributed by atoms with van der Waals surface area (Å²) in [5.74, 6) is -0.0412. The summed E-state index contributed by atoms with van der Waals surface area (Å²) >= 11 is 0. The molecule has 0 aliphatic carbocycles. The van der Waals surface area contributed by atoms with E-state index in [1.54, 1.807) is 0 Å². The molecule has 0 aliphatic heterocycles. The lowest BCUT2D eigenvalue weighted by atomic mass is 10.1. The summed E-state index contributed by atoms with van der Waals surface area (Å²) in [7, 11) is -3.32. The molecule has 0 aromatic heterocycles. The average molecular weight is 207 g/mol. The van der Waals surface area contributed by atoms with E-state index < -0.39 is 16.1 Å². The van der Waals surface area contributed by atoms with Crippen LogP contribution in [0.15, 0.2) is 12.7 Å². The van der Waals surface area contributed by atoms with Crippen molar-refractivity contribution in [1.82, 2.24) is 4.72 Å². The maximum atomic E-state index is 11.2. The van der Waals surface area contributed by atoms with Gasteiger partial charge in [-0.05, 0) is 5.92 Å². The topological polar surface area (TPSA) is 66.4 Å². The summed E-state index contributed by atoms with van der Waals surface area (Å²) in [5.41, 5.74) is 0. The van der Waals surface area contributed by atoms with Crippen LogP contribution in [-0.4, -0.2) is 31.9 Å². The first kappa shape index (κ1) is 12.6. The molecule has 0 fully saturated rings. The molecule has 0 aromatic rings. The van der Waals surface area contributed by atoms with Gasteiger partial charge in [0.2, 0.25) is 10.0 Å². The van der Waals surface area contributed by atoms with Gasteiger partial charge in [0.05, 0.1) is 12.4 Å². The number of hydrogen-bond acceptors (Lipinski definition) is 3. The first-order chi connectivity index (χ1) is 5.93. The van der Waals surface area contributed by atoms with Crippen LogP contribution >= 0.6 is 0 Å². The fourth-order valence-corrected chi connectivity index (χ4v) is 2.03. The van der Waals surface area contributed by atoms with Crippen molar-refractivity contribution >= 4 is 10.0 Å². The minimum Gasteiger partial charge on any atom is -0.395 e. The molecule has 0 aromatic carbocycles. The van der Waals surface area contributed by atoms with Gasteiger partial charge < -0.3 is 5.11 Å². The SMILES string of the molecule is C=CCS(=O)(=O)NC(CO)C(C)C. The maximum Gasteiger partial charge on any atom is 0.215 e. The van der Waals surface area contributed by atoms with Crippen molar-refractivity contribution in [3.05, 3.63) is 12.7 Å². The van der Waals surface area contributed by atoms with E-state index in [9.17, 15) is 8.42 Å². The van der Waals surface area contributed by atoms with Crippen LogP contribution in [0.2, 0.25) is 0 Å². The van der Waals surface area contributed by atoms with E-state index in [0.29, 0.717) is 0 Å². The quantitative estimate of drug-likeness (QED) is 0.607. The Morgan fingerprint density at radius 3 is 2.38 bits per heavy atom. The first-order valence-electron chi connectivity index (χ1n) is 4.14. The van der Waals surface area contributed by atoms with Gasteiger partial charge in [-0.1, -0.05) is 19.9 Å². The molecule has 78 valence electrons. The summed E-state index contributed by atoms with van der Waals surface area (Å²) in [4.78, 5) is 0. The predicted octanol–water partition coefficient (Wildman–Crippen LogP) is 0.109. The van der Waals surface area contributed by atoms with Gasteiger partial charge in [-0.2, -0.15) is 0 Å². The second kappa shape index (κ2) is 5.36. The minimum atomic E-state index is -3.32. The van der Waals surface area contributed by atoms with Crippen LogP contribution in [-0.2, 0) is 10.0 Å². The number of aliphatic hydroxyl groups is 1. The highest BCUT2D eigenvalue weighted by molar-refractivity contribution is 7.89. The summed E-state index contributed by atoms with van der Waals surface area (Å²) in [6.45, 7) is 6.84. The Kier molecular flexibility index (Phi) is 5.20. The Bertz CT molecular complexity index is 246. The van der Waals surface area contributed by atoms with Gasteiger partial charge in [-0.15, -0.1) is 6.58 Å². The summed E-state index contributed by atoms with van der Waals surface area (Å²) in [6, 6.07) is -0.412. The van der Waals surface area contributed by atoms with Crippen molar-refractivity contribution in [2.45, 2.75) is 19.9 Å². The van der Waals surface area contributed by atoms with Crippen LogP contribution in [0, 0.1) is 5.92 Å². The standard InChI is InChI=1S/C8H17NO3S/c1-4-5-13(11,12)9-8(6-10)7(2)3/h4,7-10H,1,5-6H2,2-3H3. The highest BCUT2D eigenvalue weighted by atomic mass is 32.2. The Labute approximate surface area is 79.7 Å². The molecule has 0 bridgehead atoms. The number of aliphatic hydroxyl groups excluding tert-OH is 1. The molecule has 0 spiro atoms. The summed E-state index contributed by atoms with van der Waals surface area (Å²) < 4.78 is 24.8. The monoisotopic (exact) mass is 207 g/mol. The van der Waals surface area contributed by atoms with E-state index in [1.165, 1.54) is 6.08 Å². The first-order valence-corrected chi connectivity index (χ1v) is 5.80. The number of nitrogens with one attached hydrogen (secondary N) is 1. The Morgan fingerprint density at radius 1 is 1.54 bits per heavy atom. The second-order valence-corrected chi connectivity index (χ2v) is 5.02. The molecule has 0 rings (SSSR count). The predicted molar refractivity (Wildman–Crippen MR) is 52.8 cm³/mol. The second-order valence-electron chi connectivity index (χ2n) is 3.22.